The summed E-state index contributed by atoms with van der Waals surface area (Å²) >= 11 is 0. The molecular weight excluding hydrogens is 382 g/mol. The minimum atomic E-state index is -1.04. The Morgan fingerprint density at radius 3 is 2.42 bits per heavy atom. The van der Waals surface area contributed by atoms with Crippen molar-refractivity contribution in [3.05, 3.63) is 107 Å². The van der Waals surface area contributed by atoms with Gasteiger partial charge in [-0.3, -0.25) is 4.79 Å². The van der Waals surface area contributed by atoms with Crippen molar-refractivity contribution in [2.75, 3.05) is 6.54 Å². The summed E-state index contributed by atoms with van der Waals surface area (Å²) in [5, 5.41) is 11.9. The molecule has 0 fully saturated rings. The van der Waals surface area contributed by atoms with Crippen molar-refractivity contribution in [2.45, 2.75) is 24.9 Å². The van der Waals surface area contributed by atoms with Gasteiger partial charge in [-0.2, -0.15) is 5.26 Å². The number of carbonyl (C=O) groups excluding carboxylic acids is 1. The van der Waals surface area contributed by atoms with Crippen molar-refractivity contribution in [3.8, 4) is 6.07 Å². The fraction of sp³-hybridized carbons (Fsp3) is 0.185. The van der Waals surface area contributed by atoms with E-state index < -0.39 is 5.54 Å². The summed E-state index contributed by atoms with van der Waals surface area (Å²) in [4.78, 5) is 15.5. The second-order valence-corrected chi connectivity index (χ2v) is 8.42. The molecular formula is C27H21N3O. The van der Waals surface area contributed by atoms with Crippen LogP contribution < -0.4 is 0 Å². The molecule has 6 rings (SSSR count). The quantitative estimate of drug-likeness (QED) is 0.464. The summed E-state index contributed by atoms with van der Waals surface area (Å²) in [7, 11) is 0. The SMILES string of the molecule is N#CC12Cc3ccccc3Cn3c1c(c1ccccc13)CCN2C(=O)c1ccccc1. The third-order valence-electron chi connectivity index (χ3n) is 6.86. The lowest BCUT2D eigenvalue weighted by molar-refractivity contribution is 0.0540. The number of aromatic nitrogens is 1. The van der Waals surface area contributed by atoms with Crippen molar-refractivity contribution in [2.24, 2.45) is 0 Å². The highest BCUT2D eigenvalue weighted by molar-refractivity contribution is 5.96. The van der Waals surface area contributed by atoms with E-state index in [1.807, 2.05) is 41.3 Å². The number of nitrogens with zero attached hydrogens (tertiary/aromatic N) is 3. The minimum absolute atomic E-state index is 0.0796. The van der Waals surface area contributed by atoms with E-state index in [9.17, 15) is 10.1 Å². The average molecular weight is 403 g/mol. The first-order chi connectivity index (χ1) is 15.2. The predicted octanol–water partition coefficient (Wildman–Crippen LogP) is 4.66. The Balaban J connectivity index is 1.66. The van der Waals surface area contributed by atoms with Crippen molar-refractivity contribution >= 4 is 16.8 Å². The number of rotatable bonds is 1. The van der Waals surface area contributed by atoms with Crippen molar-refractivity contribution in [3.63, 3.8) is 0 Å². The number of amides is 1. The van der Waals surface area contributed by atoms with Crippen LogP contribution in [0.4, 0.5) is 0 Å². The molecule has 0 bridgehead atoms. The van der Waals surface area contributed by atoms with Gasteiger partial charge >= 0.3 is 0 Å². The standard InChI is InChI=1S/C27H21N3O/c28-18-27-16-20-10-4-5-11-21(20)17-29-24-13-7-6-12-22(24)23(25(27)29)14-15-30(27)26(31)19-8-2-1-3-9-19/h1-13H,14-17H2. The summed E-state index contributed by atoms with van der Waals surface area (Å²) in [6.45, 7) is 1.24. The van der Waals surface area contributed by atoms with Crippen LogP contribution in [0.15, 0.2) is 78.9 Å². The molecule has 0 spiro atoms. The molecule has 4 heteroatoms. The first kappa shape index (κ1) is 18.0. The smallest absolute Gasteiger partial charge is 0.255 e. The Labute approximate surface area is 181 Å². The molecule has 0 saturated heterocycles. The number of hydrogen-bond donors (Lipinski definition) is 0. The number of para-hydroxylation sites is 1. The Bertz CT molecular complexity index is 1380. The molecule has 1 amide bonds. The normalized spacial score (nSPS) is 19.3. The van der Waals surface area contributed by atoms with E-state index in [1.54, 1.807) is 0 Å². The lowest BCUT2D eigenvalue weighted by Crippen LogP contribution is -2.54. The molecule has 4 nitrogen and oxygen atoms in total. The maximum atomic E-state index is 13.7. The summed E-state index contributed by atoms with van der Waals surface area (Å²) < 4.78 is 2.28. The first-order valence-corrected chi connectivity index (χ1v) is 10.7. The van der Waals surface area contributed by atoms with Gasteiger partial charge in [-0.25, -0.2) is 0 Å². The van der Waals surface area contributed by atoms with E-state index in [-0.39, 0.29) is 5.91 Å². The van der Waals surface area contributed by atoms with Crippen LogP contribution in [-0.2, 0) is 24.9 Å². The van der Waals surface area contributed by atoms with Gasteiger partial charge in [0.05, 0.1) is 11.8 Å². The lowest BCUT2D eigenvalue weighted by Gasteiger charge is -2.43. The van der Waals surface area contributed by atoms with Crippen LogP contribution in [0.3, 0.4) is 0 Å². The van der Waals surface area contributed by atoms with Gasteiger partial charge in [-0.05, 0) is 41.3 Å². The van der Waals surface area contributed by atoms with E-state index in [4.69, 9.17) is 0 Å². The van der Waals surface area contributed by atoms with Crippen LogP contribution in [0.5, 0.6) is 0 Å². The van der Waals surface area contributed by atoms with Crippen molar-refractivity contribution in [1.29, 1.82) is 5.26 Å². The third-order valence-corrected chi connectivity index (χ3v) is 6.86. The molecule has 2 aliphatic heterocycles. The fourth-order valence-corrected chi connectivity index (χ4v) is 5.48. The molecule has 1 atom stereocenters. The molecule has 0 aliphatic carbocycles. The Kier molecular flexibility index (Phi) is 3.82. The van der Waals surface area contributed by atoms with E-state index >= 15 is 0 Å². The molecule has 3 heterocycles. The van der Waals surface area contributed by atoms with E-state index in [0.29, 0.717) is 25.1 Å². The second kappa shape index (κ2) is 6.58. The number of hydrogen-bond acceptors (Lipinski definition) is 2. The third kappa shape index (κ3) is 2.44. The van der Waals surface area contributed by atoms with Gasteiger partial charge in [0.2, 0.25) is 0 Å². The number of benzene rings is 3. The van der Waals surface area contributed by atoms with Gasteiger partial charge in [-0.15, -0.1) is 0 Å². The summed E-state index contributed by atoms with van der Waals surface area (Å²) in [5.74, 6) is -0.0796. The van der Waals surface area contributed by atoms with Crippen molar-refractivity contribution in [1.82, 2.24) is 9.47 Å². The van der Waals surface area contributed by atoms with E-state index in [0.717, 1.165) is 23.2 Å². The lowest BCUT2D eigenvalue weighted by atomic mass is 9.80. The highest BCUT2D eigenvalue weighted by atomic mass is 16.2. The molecule has 0 radical (unpaired) electrons. The van der Waals surface area contributed by atoms with E-state index in [1.165, 1.54) is 16.5 Å². The maximum Gasteiger partial charge on any atom is 0.255 e. The van der Waals surface area contributed by atoms with Gasteiger partial charge in [-0.1, -0.05) is 60.7 Å². The number of nitriles is 1. The molecule has 4 aromatic rings. The van der Waals surface area contributed by atoms with E-state index in [2.05, 4.69) is 53.1 Å². The molecule has 2 aliphatic rings. The van der Waals surface area contributed by atoms with Crippen LogP contribution in [0.1, 0.15) is 32.7 Å². The first-order valence-electron chi connectivity index (χ1n) is 10.7. The zero-order valence-electron chi connectivity index (χ0n) is 17.1. The summed E-state index contributed by atoms with van der Waals surface area (Å²) in [6, 6.07) is 28.7. The fourth-order valence-electron chi connectivity index (χ4n) is 5.48. The van der Waals surface area contributed by atoms with Gasteiger partial charge in [0.15, 0.2) is 5.54 Å². The number of carbonyl (C=O) groups is 1. The molecule has 0 saturated carbocycles. The molecule has 3 aromatic carbocycles. The van der Waals surface area contributed by atoms with Gasteiger partial charge in [0.25, 0.3) is 5.91 Å². The summed E-state index contributed by atoms with van der Waals surface area (Å²) in [6.07, 6.45) is 1.25. The molecule has 31 heavy (non-hydrogen) atoms. The minimum Gasteiger partial charge on any atom is -0.337 e. The molecule has 0 N–H and O–H groups in total. The molecule has 1 unspecified atom stereocenters. The highest BCUT2D eigenvalue weighted by Gasteiger charge is 2.50. The van der Waals surface area contributed by atoms with Crippen LogP contribution in [0.2, 0.25) is 0 Å². The highest BCUT2D eigenvalue weighted by Crippen LogP contribution is 2.45. The summed E-state index contributed by atoms with van der Waals surface area (Å²) in [5.41, 5.74) is 5.27. The monoisotopic (exact) mass is 403 g/mol. The van der Waals surface area contributed by atoms with Crippen LogP contribution in [0, 0.1) is 11.3 Å². The zero-order valence-corrected chi connectivity index (χ0v) is 17.1. The molecule has 1 aromatic heterocycles. The van der Waals surface area contributed by atoms with Gasteiger partial charge in [0.1, 0.15) is 0 Å². The predicted molar refractivity (Wildman–Crippen MR) is 120 cm³/mol. The Morgan fingerprint density at radius 1 is 0.903 bits per heavy atom. The van der Waals surface area contributed by atoms with Gasteiger partial charge in [0, 0.05) is 36.0 Å². The Morgan fingerprint density at radius 2 is 1.61 bits per heavy atom. The zero-order chi connectivity index (χ0) is 21.0. The number of fused-ring (bicyclic) bond motifs is 4. The van der Waals surface area contributed by atoms with Crippen molar-refractivity contribution < 1.29 is 4.79 Å². The van der Waals surface area contributed by atoms with Crippen LogP contribution >= 0.6 is 0 Å². The molecule has 150 valence electrons. The Hall–Kier alpha value is -3.84. The van der Waals surface area contributed by atoms with Crippen LogP contribution in [0.25, 0.3) is 10.9 Å². The maximum absolute atomic E-state index is 13.7. The average Bonchev–Trinajstić information content (AvgIpc) is 3.05. The second-order valence-electron chi connectivity index (χ2n) is 8.42. The largest absolute Gasteiger partial charge is 0.337 e. The van der Waals surface area contributed by atoms with Crippen LogP contribution in [-0.4, -0.2) is 21.9 Å². The van der Waals surface area contributed by atoms with Gasteiger partial charge < -0.3 is 9.47 Å². The topological polar surface area (TPSA) is 49.0 Å².